The molecule has 8 rings (SSSR count). The van der Waals surface area contributed by atoms with Gasteiger partial charge in [-0.05, 0) is 118 Å². The minimum atomic E-state index is -0.999. The summed E-state index contributed by atoms with van der Waals surface area (Å²) in [6.45, 7) is 5.76. The van der Waals surface area contributed by atoms with Crippen LogP contribution in [0.4, 0.5) is 11.4 Å². The third-order valence-corrected chi connectivity index (χ3v) is 14.0. The summed E-state index contributed by atoms with van der Waals surface area (Å²) >= 11 is 0. The second-order valence-corrected chi connectivity index (χ2v) is 16.9. The largest absolute Gasteiger partial charge is 0.494 e. The second kappa shape index (κ2) is 14.6. The Bertz CT molecular complexity index is 1960. The molecule has 6 amide bonds. The molecule has 0 aromatic heterocycles. The summed E-state index contributed by atoms with van der Waals surface area (Å²) in [6, 6.07) is 11.9. The van der Waals surface area contributed by atoms with Gasteiger partial charge in [-0.15, -0.1) is 0 Å². The van der Waals surface area contributed by atoms with Crippen molar-refractivity contribution in [2.24, 2.45) is 34.5 Å². The van der Waals surface area contributed by atoms with E-state index in [1.54, 1.807) is 24.3 Å². The van der Waals surface area contributed by atoms with E-state index in [9.17, 15) is 28.8 Å². The topological polar surface area (TPSA) is 163 Å². The van der Waals surface area contributed by atoms with Crippen molar-refractivity contribution in [3.63, 3.8) is 0 Å². The van der Waals surface area contributed by atoms with Crippen molar-refractivity contribution in [3.8, 4) is 5.75 Å². The molecule has 0 radical (unpaired) electrons. The van der Waals surface area contributed by atoms with Crippen molar-refractivity contribution in [2.75, 3.05) is 23.8 Å². The van der Waals surface area contributed by atoms with Crippen molar-refractivity contribution in [1.29, 1.82) is 0 Å². The van der Waals surface area contributed by atoms with Crippen LogP contribution in [0.1, 0.15) is 105 Å². The molecule has 2 aromatic carbocycles. The Morgan fingerprint density at radius 1 is 0.909 bits per heavy atom. The Labute approximate surface area is 321 Å². The van der Waals surface area contributed by atoms with E-state index in [2.05, 4.69) is 41.2 Å². The number of fused-ring (bicyclic) bond motifs is 6. The molecule has 2 aromatic rings. The van der Waals surface area contributed by atoms with Crippen molar-refractivity contribution in [1.82, 2.24) is 15.5 Å². The predicted octanol–water partition coefficient (Wildman–Crippen LogP) is 5.60. The first-order chi connectivity index (χ1) is 26.5. The van der Waals surface area contributed by atoms with Gasteiger partial charge in [-0.25, -0.2) is 0 Å². The summed E-state index contributed by atoms with van der Waals surface area (Å²) in [6.07, 6.45) is 12.7. The Morgan fingerprint density at radius 2 is 1.75 bits per heavy atom. The lowest BCUT2D eigenvalue weighted by Crippen LogP contribution is -2.59. The maximum atomic E-state index is 13.9. The number of anilines is 2. The smallest absolute Gasteiger partial charge is 0.264 e. The monoisotopic (exact) mass is 749 g/mol. The maximum Gasteiger partial charge on any atom is 0.264 e. The molecule has 55 heavy (non-hydrogen) atoms. The molecule has 290 valence electrons. The normalized spacial score (nSPS) is 32.2. The van der Waals surface area contributed by atoms with E-state index in [1.807, 2.05) is 24.3 Å². The first-order valence-electron chi connectivity index (χ1n) is 20.1. The van der Waals surface area contributed by atoms with Gasteiger partial charge in [0.05, 0.1) is 17.7 Å². The lowest BCUT2D eigenvalue weighted by molar-refractivity contribution is -0.136. The van der Waals surface area contributed by atoms with Gasteiger partial charge in [0.1, 0.15) is 11.8 Å². The van der Waals surface area contributed by atoms with Gasteiger partial charge in [0.25, 0.3) is 11.8 Å². The molecule has 3 saturated carbocycles. The fraction of sp³-hybridized carbons (Fsp3) is 0.535. The number of carbonyl (C=O) groups excluding carboxylic acids is 6. The van der Waals surface area contributed by atoms with E-state index in [1.165, 1.54) is 0 Å². The van der Waals surface area contributed by atoms with Gasteiger partial charge < -0.3 is 20.7 Å². The number of piperidine rings is 1. The summed E-state index contributed by atoms with van der Waals surface area (Å²) < 4.78 is 6.07. The Balaban J connectivity index is 0.793. The molecule has 3 heterocycles. The first kappa shape index (κ1) is 36.9. The van der Waals surface area contributed by atoms with Crippen LogP contribution >= 0.6 is 0 Å². The molecule has 3 aliphatic carbocycles. The van der Waals surface area contributed by atoms with Crippen LogP contribution in [0.25, 0.3) is 0 Å². The second-order valence-electron chi connectivity index (χ2n) is 16.9. The zero-order valence-electron chi connectivity index (χ0n) is 31.7. The van der Waals surface area contributed by atoms with Crippen molar-refractivity contribution >= 4 is 46.8 Å². The number of rotatable bonds is 11. The van der Waals surface area contributed by atoms with Gasteiger partial charge in [-0.2, -0.15) is 0 Å². The minimum Gasteiger partial charge on any atom is -0.494 e. The summed E-state index contributed by atoms with van der Waals surface area (Å²) in [4.78, 5) is 77.4. The Kier molecular flexibility index (Phi) is 9.79. The zero-order valence-corrected chi connectivity index (χ0v) is 31.7. The van der Waals surface area contributed by atoms with Gasteiger partial charge >= 0.3 is 0 Å². The number of unbranched alkanes of at least 4 members (excludes halogenated alkanes) is 2. The summed E-state index contributed by atoms with van der Waals surface area (Å²) in [7, 11) is 0. The fourth-order valence-corrected chi connectivity index (χ4v) is 11.1. The summed E-state index contributed by atoms with van der Waals surface area (Å²) in [5.74, 6) is 0.293. The van der Waals surface area contributed by atoms with Crippen molar-refractivity contribution in [3.05, 3.63) is 65.7 Å². The highest BCUT2D eigenvalue weighted by atomic mass is 16.5. The third kappa shape index (κ3) is 6.61. The van der Waals surface area contributed by atoms with E-state index in [4.69, 9.17) is 4.74 Å². The molecule has 12 heteroatoms. The van der Waals surface area contributed by atoms with E-state index < -0.39 is 29.7 Å². The molecule has 0 spiro atoms. The van der Waals surface area contributed by atoms with Crippen LogP contribution in [0.2, 0.25) is 0 Å². The average Bonchev–Trinajstić information content (AvgIpc) is 3.65. The van der Waals surface area contributed by atoms with Crippen LogP contribution in [0.5, 0.6) is 5.75 Å². The van der Waals surface area contributed by atoms with E-state index >= 15 is 0 Å². The molecule has 0 bridgehead atoms. The molecule has 1 unspecified atom stereocenters. The van der Waals surface area contributed by atoms with Crippen LogP contribution in [-0.4, -0.2) is 65.6 Å². The van der Waals surface area contributed by atoms with Crippen LogP contribution in [0.3, 0.4) is 0 Å². The summed E-state index contributed by atoms with van der Waals surface area (Å²) in [5.41, 5.74) is 1.74. The Hall–Kier alpha value is -5.00. The molecule has 4 fully saturated rings. The van der Waals surface area contributed by atoms with Gasteiger partial charge in [0.2, 0.25) is 23.6 Å². The Morgan fingerprint density at radius 3 is 2.58 bits per heavy atom. The van der Waals surface area contributed by atoms with Gasteiger partial charge in [-0.3, -0.25) is 39.0 Å². The SMILES string of the molecule is C[C@]12C=CC(=O)N[C@@H]1CC[C@@H]1[C@@H]2CC[C@]2(C)[C@@H](C(=O)Nc3cccc(OCCCCCNc4cccc5c4C(=O)N(C4CCC(=O)NC4=O)C5=O)c3)CC[C@@H]12. The quantitative estimate of drug-likeness (QED) is 0.171. The van der Waals surface area contributed by atoms with E-state index in [0.717, 1.165) is 68.4 Å². The third-order valence-electron chi connectivity index (χ3n) is 14.0. The highest BCUT2D eigenvalue weighted by Gasteiger charge is 2.61. The molecule has 3 aliphatic heterocycles. The number of imide groups is 2. The molecular formula is C43H51N5O7. The van der Waals surface area contributed by atoms with Crippen LogP contribution in [0, 0.1) is 34.5 Å². The number of benzene rings is 2. The molecule has 12 nitrogen and oxygen atoms in total. The lowest BCUT2D eigenvalue weighted by Gasteiger charge is -2.58. The minimum absolute atomic E-state index is 0.0201. The number of hydrogen-bond donors (Lipinski definition) is 4. The van der Waals surface area contributed by atoms with Gasteiger partial charge in [0, 0.05) is 47.8 Å². The predicted molar refractivity (Wildman–Crippen MR) is 205 cm³/mol. The van der Waals surface area contributed by atoms with Crippen LogP contribution < -0.4 is 26.0 Å². The summed E-state index contributed by atoms with van der Waals surface area (Å²) in [5, 5.41) is 12.0. The number of nitrogens with one attached hydrogen (secondary N) is 4. The molecule has 1 saturated heterocycles. The standard InChI is InChI=1S/C43H51N5O7/c1-42-20-18-30-27(12-16-34-43(30,2)21-19-36(50)46-34)29(42)13-14-31(42)38(51)45-25-8-6-9-26(24-25)55-23-5-3-4-22-44-32-11-7-10-28-37(32)41(54)48(40(28)53)33-15-17-35(49)47-39(33)52/h6-11,19,21,24,27,29-31,33-34,44H,3-5,12-18,20,22-23H2,1-2H3,(H,45,51)(H,46,50)(H,47,49,52)/t27-,29-,30-,31+,33?,34+,42-,43+/m0/s1. The molecule has 8 atom stereocenters. The van der Waals surface area contributed by atoms with Gasteiger partial charge in [0.15, 0.2) is 0 Å². The number of amides is 6. The highest BCUT2D eigenvalue weighted by molar-refractivity contribution is 6.25. The number of nitrogens with zero attached hydrogens (tertiary/aromatic N) is 1. The number of ether oxygens (including phenoxy) is 1. The molecule has 4 N–H and O–H groups in total. The maximum absolute atomic E-state index is 13.9. The first-order valence-corrected chi connectivity index (χ1v) is 20.1. The fourth-order valence-electron chi connectivity index (χ4n) is 11.1. The number of carbonyl (C=O) groups is 6. The average molecular weight is 750 g/mol. The van der Waals surface area contributed by atoms with Gasteiger partial charge in [-0.1, -0.05) is 32.1 Å². The lowest BCUT2D eigenvalue weighted by atomic mass is 9.48. The highest BCUT2D eigenvalue weighted by Crippen LogP contribution is 2.65. The van der Waals surface area contributed by atoms with Crippen LogP contribution in [0.15, 0.2) is 54.6 Å². The molecular weight excluding hydrogens is 699 g/mol. The van der Waals surface area contributed by atoms with E-state index in [0.29, 0.717) is 42.3 Å². The van der Waals surface area contributed by atoms with Crippen molar-refractivity contribution in [2.45, 2.75) is 96.6 Å². The molecule has 6 aliphatic rings. The number of hydrogen-bond acceptors (Lipinski definition) is 8. The van der Waals surface area contributed by atoms with E-state index in [-0.39, 0.29) is 58.6 Å². The van der Waals surface area contributed by atoms with Crippen LogP contribution in [-0.2, 0) is 19.2 Å². The zero-order chi connectivity index (χ0) is 38.5. The van der Waals surface area contributed by atoms with Crippen molar-refractivity contribution < 1.29 is 33.5 Å².